The van der Waals surface area contributed by atoms with Gasteiger partial charge in [-0.05, 0) is 12.8 Å². The lowest BCUT2D eigenvalue weighted by Gasteiger charge is -2.24. The highest BCUT2D eigenvalue weighted by atomic mass is 35.5. The molecule has 1 aromatic heterocycles. The van der Waals surface area contributed by atoms with Crippen LogP contribution in [0.1, 0.15) is 30.9 Å². The van der Waals surface area contributed by atoms with Gasteiger partial charge >= 0.3 is 0 Å². The molecular formula is C8H8ClFN2. The predicted octanol–water partition coefficient (Wildman–Crippen LogP) is 2.54. The Labute approximate surface area is 74.8 Å². The Morgan fingerprint density at radius 1 is 1.42 bits per heavy atom. The Bertz CT molecular complexity index is 299. The third-order valence-corrected chi connectivity index (χ3v) is 2.53. The van der Waals surface area contributed by atoms with Crippen LogP contribution in [0.25, 0.3) is 0 Å². The van der Waals surface area contributed by atoms with E-state index in [1.165, 1.54) is 6.33 Å². The maximum absolute atomic E-state index is 13.2. The molecule has 0 saturated heterocycles. The minimum Gasteiger partial charge on any atom is -0.238 e. The summed E-state index contributed by atoms with van der Waals surface area (Å²) in [5.74, 6) is -0.172. The average molecular weight is 187 g/mol. The summed E-state index contributed by atoms with van der Waals surface area (Å²) in [6, 6.07) is 0. The minimum absolute atomic E-state index is 0.0631. The highest BCUT2D eigenvalue weighted by molar-refractivity contribution is 6.29. The van der Waals surface area contributed by atoms with E-state index in [4.69, 9.17) is 11.6 Å². The molecule has 0 radical (unpaired) electrons. The van der Waals surface area contributed by atoms with Crippen LogP contribution < -0.4 is 0 Å². The van der Waals surface area contributed by atoms with Crippen LogP contribution in [-0.2, 0) is 0 Å². The molecule has 1 aromatic rings. The van der Waals surface area contributed by atoms with Crippen LogP contribution in [0.2, 0.25) is 5.15 Å². The zero-order valence-electron chi connectivity index (χ0n) is 6.43. The predicted molar refractivity (Wildman–Crippen MR) is 43.6 cm³/mol. The zero-order chi connectivity index (χ0) is 8.55. The molecule has 1 saturated carbocycles. The molecule has 2 nitrogen and oxygen atoms in total. The largest absolute Gasteiger partial charge is 0.238 e. The molecular weight excluding hydrogens is 179 g/mol. The van der Waals surface area contributed by atoms with Crippen LogP contribution >= 0.6 is 11.6 Å². The third-order valence-electron chi connectivity index (χ3n) is 2.27. The second-order valence-electron chi connectivity index (χ2n) is 2.99. The summed E-state index contributed by atoms with van der Waals surface area (Å²) < 4.78 is 13.2. The van der Waals surface area contributed by atoms with Crippen LogP contribution in [0.15, 0.2) is 6.33 Å². The van der Waals surface area contributed by atoms with E-state index in [1.807, 2.05) is 0 Å². The van der Waals surface area contributed by atoms with Gasteiger partial charge < -0.3 is 0 Å². The summed E-state index contributed by atoms with van der Waals surface area (Å²) in [5.41, 5.74) is 0.487. The molecule has 0 bridgehead atoms. The van der Waals surface area contributed by atoms with E-state index in [1.54, 1.807) is 0 Å². The Kier molecular flexibility index (Phi) is 1.97. The number of aromatic nitrogens is 2. The molecule has 0 spiro atoms. The maximum atomic E-state index is 13.2. The third kappa shape index (κ3) is 1.18. The topological polar surface area (TPSA) is 25.8 Å². The molecule has 0 unspecified atom stereocenters. The summed E-state index contributed by atoms with van der Waals surface area (Å²) in [4.78, 5) is 7.45. The Balaban J connectivity index is 2.36. The van der Waals surface area contributed by atoms with Gasteiger partial charge in [0.15, 0.2) is 11.0 Å². The minimum atomic E-state index is -0.441. The Morgan fingerprint density at radius 3 is 2.75 bits per heavy atom. The molecule has 0 atom stereocenters. The standard InChI is InChI=1S/C8H8ClFN2/c9-8-6(10)7(11-4-12-8)5-2-1-3-5/h4-5H,1-3H2. The Morgan fingerprint density at radius 2 is 2.17 bits per heavy atom. The van der Waals surface area contributed by atoms with Crippen LogP contribution in [0.3, 0.4) is 0 Å². The van der Waals surface area contributed by atoms with Gasteiger partial charge in [0.25, 0.3) is 0 Å². The van der Waals surface area contributed by atoms with Gasteiger partial charge in [-0.1, -0.05) is 18.0 Å². The SMILES string of the molecule is Fc1c(Cl)ncnc1C1CCC1. The van der Waals surface area contributed by atoms with Crippen molar-refractivity contribution in [1.82, 2.24) is 9.97 Å². The first-order valence-electron chi connectivity index (χ1n) is 3.95. The molecule has 2 rings (SSSR count). The van der Waals surface area contributed by atoms with E-state index in [9.17, 15) is 4.39 Å². The van der Waals surface area contributed by atoms with Crippen LogP contribution in [0, 0.1) is 5.82 Å². The van der Waals surface area contributed by atoms with Crippen molar-refractivity contribution >= 4 is 11.6 Å². The first kappa shape index (κ1) is 7.92. The number of rotatable bonds is 1. The lowest BCUT2D eigenvalue weighted by molar-refractivity contribution is 0.392. The summed E-state index contributed by atoms with van der Waals surface area (Å²) in [6.45, 7) is 0. The molecule has 1 fully saturated rings. The molecule has 4 heteroatoms. The second kappa shape index (κ2) is 2.98. The zero-order valence-corrected chi connectivity index (χ0v) is 7.18. The van der Waals surface area contributed by atoms with Gasteiger partial charge in [-0.15, -0.1) is 0 Å². The fourth-order valence-electron chi connectivity index (χ4n) is 1.33. The van der Waals surface area contributed by atoms with Gasteiger partial charge in [-0.2, -0.15) is 0 Å². The van der Waals surface area contributed by atoms with Crippen molar-refractivity contribution in [3.8, 4) is 0 Å². The van der Waals surface area contributed by atoms with Crippen LogP contribution in [0.5, 0.6) is 0 Å². The molecule has 0 aliphatic heterocycles. The van der Waals surface area contributed by atoms with Gasteiger partial charge in [0, 0.05) is 5.92 Å². The van der Waals surface area contributed by atoms with Gasteiger partial charge in [0.2, 0.25) is 0 Å². The van der Waals surface area contributed by atoms with Crippen molar-refractivity contribution in [1.29, 1.82) is 0 Å². The summed E-state index contributed by atoms with van der Waals surface area (Å²) in [5, 5.41) is -0.0631. The molecule has 0 amide bonds. The van der Waals surface area contributed by atoms with Crippen molar-refractivity contribution in [2.75, 3.05) is 0 Å². The fraction of sp³-hybridized carbons (Fsp3) is 0.500. The van der Waals surface area contributed by atoms with E-state index >= 15 is 0 Å². The monoisotopic (exact) mass is 186 g/mol. The molecule has 1 heterocycles. The highest BCUT2D eigenvalue weighted by Gasteiger charge is 2.25. The molecule has 12 heavy (non-hydrogen) atoms. The highest BCUT2D eigenvalue weighted by Crippen LogP contribution is 2.37. The van der Waals surface area contributed by atoms with Crippen molar-refractivity contribution < 1.29 is 4.39 Å². The molecule has 64 valence electrons. The Hall–Kier alpha value is -0.700. The lowest BCUT2D eigenvalue weighted by Crippen LogP contribution is -2.13. The van der Waals surface area contributed by atoms with Gasteiger partial charge in [-0.3, -0.25) is 0 Å². The quantitative estimate of drug-likeness (QED) is 0.630. The van der Waals surface area contributed by atoms with Crippen LogP contribution in [-0.4, -0.2) is 9.97 Å². The van der Waals surface area contributed by atoms with Gasteiger partial charge in [0.1, 0.15) is 6.33 Å². The fourth-order valence-corrected chi connectivity index (χ4v) is 1.47. The van der Waals surface area contributed by atoms with E-state index < -0.39 is 5.82 Å². The normalized spacial score (nSPS) is 17.5. The maximum Gasteiger partial charge on any atom is 0.182 e. The van der Waals surface area contributed by atoms with Crippen molar-refractivity contribution in [2.24, 2.45) is 0 Å². The lowest BCUT2D eigenvalue weighted by atomic mass is 9.83. The summed E-state index contributed by atoms with van der Waals surface area (Å²) in [7, 11) is 0. The van der Waals surface area contributed by atoms with E-state index in [2.05, 4.69) is 9.97 Å². The van der Waals surface area contributed by atoms with Crippen LogP contribution in [0.4, 0.5) is 4.39 Å². The summed E-state index contributed by atoms with van der Waals surface area (Å²) in [6.07, 6.45) is 4.51. The number of hydrogen-bond donors (Lipinski definition) is 0. The number of nitrogens with zero attached hydrogens (tertiary/aromatic N) is 2. The van der Waals surface area contributed by atoms with Gasteiger partial charge in [-0.25, -0.2) is 14.4 Å². The van der Waals surface area contributed by atoms with Crippen molar-refractivity contribution in [3.63, 3.8) is 0 Å². The average Bonchev–Trinajstić information content (AvgIpc) is 1.95. The first-order valence-corrected chi connectivity index (χ1v) is 4.32. The molecule has 0 aromatic carbocycles. The number of hydrogen-bond acceptors (Lipinski definition) is 2. The number of halogens is 2. The smallest absolute Gasteiger partial charge is 0.182 e. The molecule has 1 aliphatic rings. The first-order chi connectivity index (χ1) is 5.79. The van der Waals surface area contributed by atoms with Crippen molar-refractivity contribution in [3.05, 3.63) is 23.0 Å². The molecule has 1 aliphatic carbocycles. The van der Waals surface area contributed by atoms with E-state index in [0.29, 0.717) is 5.69 Å². The molecule has 0 N–H and O–H groups in total. The van der Waals surface area contributed by atoms with E-state index in [-0.39, 0.29) is 11.1 Å². The van der Waals surface area contributed by atoms with E-state index in [0.717, 1.165) is 19.3 Å². The van der Waals surface area contributed by atoms with Crippen molar-refractivity contribution in [2.45, 2.75) is 25.2 Å². The second-order valence-corrected chi connectivity index (χ2v) is 3.35. The summed E-state index contributed by atoms with van der Waals surface area (Å²) >= 11 is 5.51. The van der Waals surface area contributed by atoms with Gasteiger partial charge in [0.05, 0.1) is 5.69 Å².